The molecule has 106 valence electrons. The third-order valence-corrected chi connectivity index (χ3v) is 5.71. The van der Waals surface area contributed by atoms with E-state index in [1.807, 2.05) is 19.9 Å². The van der Waals surface area contributed by atoms with E-state index in [4.69, 9.17) is 0 Å². The molecule has 0 aromatic heterocycles. The Labute approximate surface area is 115 Å². The summed E-state index contributed by atoms with van der Waals surface area (Å²) in [5.41, 5.74) is 2.30. The van der Waals surface area contributed by atoms with E-state index in [1.165, 1.54) is 4.31 Å². The predicted molar refractivity (Wildman–Crippen MR) is 74.4 cm³/mol. The number of aliphatic hydroxyl groups is 1. The molecule has 0 aliphatic heterocycles. The van der Waals surface area contributed by atoms with Crippen LogP contribution in [0.3, 0.4) is 0 Å². The first-order valence-electron chi connectivity index (χ1n) is 6.53. The molecule has 0 saturated heterocycles. The summed E-state index contributed by atoms with van der Waals surface area (Å²) in [5, 5.41) is 9.23. The van der Waals surface area contributed by atoms with E-state index in [2.05, 4.69) is 0 Å². The SMILES string of the molecule is Cc1cc(CO)cc(S(=O)(=O)N(C)CC2CC2)c1C. The topological polar surface area (TPSA) is 57.6 Å². The van der Waals surface area contributed by atoms with Crippen molar-refractivity contribution < 1.29 is 13.5 Å². The molecule has 1 aliphatic rings. The van der Waals surface area contributed by atoms with E-state index in [9.17, 15) is 13.5 Å². The van der Waals surface area contributed by atoms with Gasteiger partial charge < -0.3 is 5.11 Å². The number of nitrogens with zero attached hydrogens (tertiary/aromatic N) is 1. The molecule has 1 aromatic rings. The second kappa shape index (κ2) is 5.23. The van der Waals surface area contributed by atoms with Crippen molar-refractivity contribution in [3.8, 4) is 0 Å². The van der Waals surface area contributed by atoms with Gasteiger partial charge in [-0.1, -0.05) is 6.07 Å². The molecule has 0 unspecified atom stereocenters. The maximum Gasteiger partial charge on any atom is 0.243 e. The summed E-state index contributed by atoms with van der Waals surface area (Å²) in [6.07, 6.45) is 2.24. The lowest BCUT2D eigenvalue weighted by atomic mass is 10.1. The molecule has 1 N–H and O–H groups in total. The van der Waals surface area contributed by atoms with Gasteiger partial charge in [-0.15, -0.1) is 0 Å². The van der Waals surface area contributed by atoms with Gasteiger partial charge in [0.2, 0.25) is 10.0 Å². The number of benzene rings is 1. The second-order valence-electron chi connectivity index (χ2n) is 5.42. The zero-order valence-corrected chi connectivity index (χ0v) is 12.5. The lowest BCUT2D eigenvalue weighted by Gasteiger charge is -2.19. The molecule has 1 aromatic carbocycles. The average molecular weight is 283 g/mol. The molecule has 0 radical (unpaired) electrons. The number of hydrogen-bond acceptors (Lipinski definition) is 3. The Morgan fingerprint density at radius 3 is 2.47 bits per heavy atom. The molecular formula is C14H21NO3S. The first kappa shape index (κ1) is 14.5. The highest BCUT2D eigenvalue weighted by Gasteiger charge is 2.30. The van der Waals surface area contributed by atoms with Crippen LogP contribution >= 0.6 is 0 Å². The van der Waals surface area contributed by atoms with Gasteiger partial charge >= 0.3 is 0 Å². The Morgan fingerprint density at radius 2 is 1.95 bits per heavy atom. The number of aryl methyl sites for hydroxylation is 1. The Bertz CT molecular complexity index is 577. The Kier molecular flexibility index (Phi) is 3.99. The van der Waals surface area contributed by atoms with Crippen LogP contribution in [0.4, 0.5) is 0 Å². The summed E-state index contributed by atoms with van der Waals surface area (Å²) in [6.45, 7) is 4.13. The van der Waals surface area contributed by atoms with Crippen LogP contribution in [0.2, 0.25) is 0 Å². The third-order valence-electron chi connectivity index (χ3n) is 3.76. The predicted octanol–water partition coefficient (Wildman–Crippen LogP) is 1.83. The van der Waals surface area contributed by atoms with E-state index in [0.29, 0.717) is 22.9 Å². The van der Waals surface area contributed by atoms with Gasteiger partial charge in [0.15, 0.2) is 0 Å². The number of rotatable bonds is 5. The van der Waals surface area contributed by atoms with Crippen LogP contribution in [-0.2, 0) is 16.6 Å². The maximum atomic E-state index is 12.6. The minimum absolute atomic E-state index is 0.143. The molecule has 1 fully saturated rings. The van der Waals surface area contributed by atoms with Gasteiger partial charge in [0.05, 0.1) is 11.5 Å². The minimum atomic E-state index is -3.46. The molecule has 5 heteroatoms. The van der Waals surface area contributed by atoms with Crippen LogP contribution in [0.5, 0.6) is 0 Å². The molecule has 1 saturated carbocycles. The van der Waals surface area contributed by atoms with Gasteiger partial charge in [0.25, 0.3) is 0 Å². The molecule has 4 nitrogen and oxygen atoms in total. The smallest absolute Gasteiger partial charge is 0.243 e. The van der Waals surface area contributed by atoms with Crippen molar-refractivity contribution in [2.75, 3.05) is 13.6 Å². The van der Waals surface area contributed by atoms with Crippen molar-refractivity contribution in [3.05, 3.63) is 28.8 Å². The fraction of sp³-hybridized carbons (Fsp3) is 0.571. The van der Waals surface area contributed by atoms with E-state index in [-0.39, 0.29) is 6.61 Å². The Balaban J connectivity index is 2.40. The number of hydrogen-bond donors (Lipinski definition) is 1. The zero-order valence-electron chi connectivity index (χ0n) is 11.7. The van der Waals surface area contributed by atoms with Crippen LogP contribution in [0.25, 0.3) is 0 Å². The van der Waals surface area contributed by atoms with Crippen molar-refractivity contribution in [1.29, 1.82) is 0 Å². The van der Waals surface area contributed by atoms with Crippen LogP contribution in [-0.4, -0.2) is 31.4 Å². The van der Waals surface area contributed by atoms with Crippen molar-refractivity contribution >= 4 is 10.0 Å². The van der Waals surface area contributed by atoms with Gasteiger partial charge in [-0.3, -0.25) is 0 Å². The van der Waals surface area contributed by atoms with Crippen molar-refractivity contribution in [1.82, 2.24) is 4.31 Å². The normalized spacial score (nSPS) is 16.1. The quantitative estimate of drug-likeness (QED) is 0.897. The molecular weight excluding hydrogens is 262 g/mol. The lowest BCUT2D eigenvalue weighted by molar-refractivity contribution is 0.281. The summed E-state index contributed by atoms with van der Waals surface area (Å²) in [4.78, 5) is 0.319. The average Bonchev–Trinajstić information content (AvgIpc) is 3.15. The fourth-order valence-corrected chi connectivity index (χ4v) is 3.78. The van der Waals surface area contributed by atoms with Crippen molar-refractivity contribution in [2.24, 2.45) is 5.92 Å². The molecule has 1 aliphatic carbocycles. The van der Waals surface area contributed by atoms with E-state index in [1.54, 1.807) is 13.1 Å². The van der Waals surface area contributed by atoms with Gasteiger partial charge in [0.1, 0.15) is 0 Å². The van der Waals surface area contributed by atoms with Crippen LogP contribution in [0, 0.1) is 19.8 Å². The van der Waals surface area contributed by atoms with Crippen molar-refractivity contribution in [3.63, 3.8) is 0 Å². The monoisotopic (exact) mass is 283 g/mol. The highest BCUT2D eigenvalue weighted by Crippen LogP contribution is 2.32. The Hall–Kier alpha value is -0.910. The van der Waals surface area contributed by atoms with E-state index >= 15 is 0 Å². The molecule has 0 atom stereocenters. The van der Waals surface area contributed by atoms with Crippen LogP contribution < -0.4 is 0 Å². The van der Waals surface area contributed by atoms with E-state index in [0.717, 1.165) is 24.0 Å². The zero-order chi connectivity index (χ0) is 14.2. The molecule has 19 heavy (non-hydrogen) atoms. The third kappa shape index (κ3) is 2.99. The summed E-state index contributed by atoms with van der Waals surface area (Å²) in [7, 11) is -1.82. The summed E-state index contributed by atoms with van der Waals surface area (Å²) in [6, 6.07) is 3.41. The molecule has 0 spiro atoms. The highest BCUT2D eigenvalue weighted by molar-refractivity contribution is 7.89. The van der Waals surface area contributed by atoms with Gasteiger partial charge in [0, 0.05) is 13.6 Å². The molecule has 0 bridgehead atoms. The lowest BCUT2D eigenvalue weighted by Crippen LogP contribution is -2.29. The van der Waals surface area contributed by atoms with Gasteiger partial charge in [-0.05, 0) is 55.4 Å². The number of sulfonamides is 1. The fourth-order valence-electron chi connectivity index (χ4n) is 2.19. The van der Waals surface area contributed by atoms with Crippen molar-refractivity contribution in [2.45, 2.75) is 38.2 Å². The van der Waals surface area contributed by atoms with Crippen LogP contribution in [0.15, 0.2) is 17.0 Å². The molecule has 2 rings (SSSR count). The minimum Gasteiger partial charge on any atom is -0.392 e. The summed E-state index contributed by atoms with van der Waals surface area (Å²) < 4.78 is 26.6. The summed E-state index contributed by atoms with van der Waals surface area (Å²) in [5.74, 6) is 0.516. The Morgan fingerprint density at radius 1 is 1.32 bits per heavy atom. The van der Waals surface area contributed by atoms with E-state index < -0.39 is 10.0 Å². The molecule has 0 heterocycles. The largest absolute Gasteiger partial charge is 0.392 e. The molecule has 0 amide bonds. The highest BCUT2D eigenvalue weighted by atomic mass is 32.2. The first-order valence-corrected chi connectivity index (χ1v) is 7.97. The standard InChI is InChI=1S/C14H21NO3S/c1-10-6-13(9-16)7-14(11(10)2)19(17,18)15(3)8-12-4-5-12/h6-7,12,16H,4-5,8-9H2,1-3H3. The second-order valence-corrected chi connectivity index (χ2v) is 7.44. The summed E-state index contributed by atoms with van der Waals surface area (Å²) >= 11 is 0. The maximum absolute atomic E-state index is 12.6. The van der Waals surface area contributed by atoms with Gasteiger partial charge in [-0.25, -0.2) is 12.7 Å². The van der Waals surface area contributed by atoms with Gasteiger partial charge in [-0.2, -0.15) is 0 Å². The van der Waals surface area contributed by atoms with Crippen LogP contribution in [0.1, 0.15) is 29.5 Å². The number of aliphatic hydroxyl groups excluding tert-OH is 1. The first-order chi connectivity index (χ1) is 8.86.